The first-order valence-corrected chi connectivity index (χ1v) is 13.4. The molecule has 1 fully saturated rings. The van der Waals surface area contributed by atoms with Crippen molar-refractivity contribution in [3.8, 4) is 11.4 Å². The van der Waals surface area contributed by atoms with E-state index in [1.54, 1.807) is 23.9 Å². The van der Waals surface area contributed by atoms with Crippen LogP contribution in [0.15, 0.2) is 54.9 Å². The van der Waals surface area contributed by atoms with Crippen LogP contribution in [0.3, 0.4) is 0 Å². The van der Waals surface area contributed by atoms with Gasteiger partial charge in [0, 0.05) is 25.8 Å². The van der Waals surface area contributed by atoms with Gasteiger partial charge in [-0.3, -0.25) is 14.9 Å². The number of carboxylic acids is 2. The van der Waals surface area contributed by atoms with Crippen LogP contribution >= 0.6 is 0 Å². The number of rotatable bonds is 6. The highest BCUT2D eigenvalue weighted by Gasteiger charge is 2.25. The number of nitrogens with one attached hydrogen (secondary N) is 2. The monoisotopic (exact) mass is 593 g/mol. The first kappa shape index (κ1) is 32.3. The van der Waals surface area contributed by atoms with Crippen LogP contribution in [-0.2, 0) is 20.9 Å². The number of ether oxygens (including phenoxy) is 2. The number of nitrogen functional groups attached to an aromatic ring is 1. The zero-order valence-electron chi connectivity index (χ0n) is 24.1. The normalized spacial score (nSPS) is 12.6. The third-order valence-electron chi connectivity index (χ3n) is 6.12. The van der Waals surface area contributed by atoms with Gasteiger partial charge in [-0.05, 0) is 43.6 Å². The Labute approximate surface area is 247 Å². The Kier molecular flexibility index (Phi) is 11.8. The van der Waals surface area contributed by atoms with Crippen LogP contribution in [-0.4, -0.2) is 68.2 Å². The van der Waals surface area contributed by atoms with Gasteiger partial charge in [-0.25, -0.2) is 19.4 Å². The minimum absolute atomic E-state index is 0.172. The Morgan fingerprint density at radius 2 is 1.70 bits per heavy atom. The lowest BCUT2D eigenvalue weighted by Crippen LogP contribution is -2.27. The number of nitrogens with two attached hydrogens (primary N) is 1. The van der Waals surface area contributed by atoms with Gasteiger partial charge in [0.05, 0.1) is 24.2 Å². The average molecular weight is 594 g/mol. The maximum absolute atomic E-state index is 12.4. The molecule has 1 saturated heterocycles. The highest BCUT2D eigenvalue weighted by molar-refractivity contribution is 5.89. The summed E-state index contributed by atoms with van der Waals surface area (Å²) in [5, 5.41) is 25.9. The minimum Gasteiger partial charge on any atom is -0.494 e. The molecule has 0 bridgehead atoms. The predicted molar refractivity (Wildman–Crippen MR) is 159 cm³/mol. The van der Waals surface area contributed by atoms with Gasteiger partial charge in [0.15, 0.2) is 5.82 Å². The molecule has 0 unspecified atom stereocenters. The Morgan fingerprint density at radius 1 is 1.05 bits per heavy atom. The number of carbonyl (C=O) groups excluding carboxylic acids is 1. The summed E-state index contributed by atoms with van der Waals surface area (Å²) in [6.07, 6.45) is 2.86. The Bertz CT molecular complexity index is 1520. The van der Waals surface area contributed by atoms with Crippen LogP contribution in [0.1, 0.15) is 43.9 Å². The number of hydrogen-bond acceptors (Lipinski definition) is 10. The van der Waals surface area contributed by atoms with Crippen LogP contribution in [0.2, 0.25) is 0 Å². The molecule has 0 atom stereocenters. The van der Waals surface area contributed by atoms with E-state index in [0.29, 0.717) is 22.8 Å². The van der Waals surface area contributed by atoms with Crippen LogP contribution in [0.4, 0.5) is 16.3 Å². The molecule has 4 aromatic rings. The lowest BCUT2D eigenvalue weighted by atomic mass is 9.94. The fourth-order valence-corrected chi connectivity index (χ4v) is 4.34. The SMILES string of the molecule is CC(=O)O.CC(=O)O.COc1cc(-n2nc(C3CCNCC3)c3ncnc(N)c32)ccc1NC(=O)OCc1ccccc1. The van der Waals surface area contributed by atoms with E-state index in [9.17, 15) is 4.79 Å². The van der Waals surface area contributed by atoms with Crippen molar-refractivity contribution in [1.29, 1.82) is 0 Å². The van der Waals surface area contributed by atoms with E-state index in [2.05, 4.69) is 20.6 Å². The van der Waals surface area contributed by atoms with Gasteiger partial charge in [0.2, 0.25) is 0 Å². The number of anilines is 2. The van der Waals surface area contributed by atoms with Crippen LogP contribution in [0.25, 0.3) is 16.7 Å². The predicted octanol–water partition coefficient (Wildman–Crippen LogP) is 3.80. The van der Waals surface area contributed by atoms with Gasteiger partial charge in [-0.1, -0.05) is 30.3 Å². The minimum atomic E-state index is -0.833. The van der Waals surface area contributed by atoms with E-state index in [0.717, 1.165) is 62.2 Å². The number of aromatic nitrogens is 4. The molecule has 1 amide bonds. The molecule has 3 heterocycles. The van der Waals surface area contributed by atoms with E-state index < -0.39 is 18.0 Å². The highest BCUT2D eigenvalue weighted by Crippen LogP contribution is 2.34. The maximum atomic E-state index is 12.4. The van der Waals surface area contributed by atoms with Crippen molar-refractivity contribution >= 4 is 40.6 Å². The summed E-state index contributed by atoms with van der Waals surface area (Å²) in [6, 6.07) is 14.9. The summed E-state index contributed by atoms with van der Waals surface area (Å²) in [6.45, 7) is 4.22. The highest BCUT2D eigenvalue weighted by atomic mass is 16.5. The van der Waals surface area contributed by atoms with Crippen molar-refractivity contribution in [2.24, 2.45) is 0 Å². The van der Waals surface area contributed by atoms with E-state index in [4.69, 9.17) is 40.1 Å². The number of piperidine rings is 1. The maximum Gasteiger partial charge on any atom is 0.412 e. The molecule has 14 nitrogen and oxygen atoms in total. The Balaban J connectivity index is 0.000000566. The van der Waals surface area contributed by atoms with Crippen molar-refractivity contribution in [2.75, 3.05) is 31.2 Å². The molecule has 2 aromatic carbocycles. The summed E-state index contributed by atoms with van der Waals surface area (Å²) in [4.78, 5) is 39.1. The molecule has 6 N–H and O–H groups in total. The molecule has 5 rings (SSSR count). The second-order valence-electron chi connectivity index (χ2n) is 9.39. The summed E-state index contributed by atoms with van der Waals surface area (Å²) in [7, 11) is 1.54. The standard InChI is InChI=1S/C25H27N7O3.2C2H4O2/c1-34-20-13-18(7-8-19(20)30-25(33)35-14-16-5-3-2-4-6-16)32-23-22(28-15-29-24(23)26)21(31-32)17-9-11-27-12-10-17;2*1-2(3)4/h2-8,13,15,17,27H,9-12,14H2,1H3,(H,30,33)(H2,26,28,29);2*1H3,(H,3,4). The molecule has 228 valence electrons. The molecule has 0 saturated carbocycles. The van der Waals surface area contributed by atoms with Crippen molar-refractivity contribution in [3.63, 3.8) is 0 Å². The summed E-state index contributed by atoms with van der Waals surface area (Å²) in [5.74, 6) is -0.563. The molecule has 14 heteroatoms. The number of carboxylic acid groups (broad SMARTS) is 2. The fraction of sp³-hybridized carbons (Fsp3) is 0.310. The molecule has 0 aliphatic carbocycles. The van der Waals surface area contributed by atoms with Gasteiger partial charge in [0.25, 0.3) is 11.9 Å². The number of carbonyl (C=O) groups is 3. The van der Waals surface area contributed by atoms with E-state index in [1.807, 2.05) is 36.4 Å². The summed E-state index contributed by atoms with van der Waals surface area (Å²) >= 11 is 0. The number of amides is 1. The molecule has 0 spiro atoms. The third-order valence-corrected chi connectivity index (χ3v) is 6.12. The lowest BCUT2D eigenvalue weighted by molar-refractivity contribution is -0.135. The summed E-state index contributed by atoms with van der Waals surface area (Å²) in [5.41, 5.74) is 10.7. The smallest absolute Gasteiger partial charge is 0.412 e. The number of aliphatic carboxylic acids is 2. The Morgan fingerprint density at radius 3 is 2.33 bits per heavy atom. The fourth-order valence-electron chi connectivity index (χ4n) is 4.34. The first-order chi connectivity index (χ1) is 20.6. The third kappa shape index (κ3) is 9.39. The number of nitrogens with zero attached hydrogens (tertiary/aromatic N) is 4. The van der Waals surface area contributed by atoms with E-state index in [-0.39, 0.29) is 12.5 Å². The number of methoxy groups -OCH3 is 1. The largest absolute Gasteiger partial charge is 0.494 e. The zero-order valence-corrected chi connectivity index (χ0v) is 24.1. The van der Waals surface area contributed by atoms with Gasteiger partial charge in [0.1, 0.15) is 29.7 Å². The van der Waals surface area contributed by atoms with Crippen LogP contribution in [0, 0.1) is 0 Å². The number of fused-ring (bicyclic) bond motifs is 1. The van der Waals surface area contributed by atoms with Crippen molar-refractivity contribution in [2.45, 2.75) is 39.2 Å². The second-order valence-corrected chi connectivity index (χ2v) is 9.39. The van der Waals surface area contributed by atoms with Crippen molar-refractivity contribution in [3.05, 3.63) is 66.1 Å². The topological polar surface area (TPSA) is 204 Å². The van der Waals surface area contributed by atoms with Gasteiger partial charge < -0.3 is 30.7 Å². The summed E-state index contributed by atoms with van der Waals surface area (Å²) < 4.78 is 12.6. The van der Waals surface area contributed by atoms with Crippen LogP contribution in [0.5, 0.6) is 5.75 Å². The molecule has 43 heavy (non-hydrogen) atoms. The van der Waals surface area contributed by atoms with Crippen molar-refractivity contribution < 1.29 is 34.1 Å². The van der Waals surface area contributed by atoms with Crippen LogP contribution < -0.4 is 21.1 Å². The average Bonchev–Trinajstić information content (AvgIpc) is 3.38. The molecule has 2 aromatic heterocycles. The number of hydrogen-bond donors (Lipinski definition) is 5. The molecule has 1 aliphatic rings. The van der Waals surface area contributed by atoms with Crippen molar-refractivity contribution in [1.82, 2.24) is 25.1 Å². The lowest BCUT2D eigenvalue weighted by Gasteiger charge is -2.20. The van der Waals surface area contributed by atoms with E-state index >= 15 is 0 Å². The van der Waals surface area contributed by atoms with Gasteiger partial charge in [-0.15, -0.1) is 0 Å². The van der Waals surface area contributed by atoms with Gasteiger partial charge >= 0.3 is 6.09 Å². The molecule has 1 aliphatic heterocycles. The molecular formula is C29H35N7O7. The molecule has 0 radical (unpaired) electrons. The first-order valence-electron chi connectivity index (χ1n) is 13.4. The number of benzene rings is 2. The van der Waals surface area contributed by atoms with Gasteiger partial charge in [-0.2, -0.15) is 5.10 Å². The quantitative estimate of drug-likeness (QED) is 0.217. The van der Waals surface area contributed by atoms with E-state index in [1.165, 1.54) is 6.33 Å². The molecular weight excluding hydrogens is 558 g/mol. The Hall–Kier alpha value is -5.24. The zero-order chi connectivity index (χ0) is 31.4. The second kappa shape index (κ2) is 15.7.